The van der Waals surface area contributed by atoms with Crippen molar-refractivity contribution in [1.82, 2.24) is 45.5 Å². The number of unbranched alkanes of at least 4 members (excludes halogenated alkanes) is 2. The number of thiophene rings is 1. The maximum atomic E-state index is 14.7. The van der Waals surface area contributed by atoms with Crippen LogP contribution in [-0.4, -0.2) is 180 Å². The van der Waals surface area contributed by atoms with E-state index in [0.29, 0.717) is 70.8 Å². The molecule has 0 spiro atoms. The minimum absolute atomic E-state index is 0.0983. The molecular formula is C73H88ClN13O13S. The number of ether oxygens (including phenoxy) is 3. The van der Waals surface area contributed by atoms with Gasteiger partial charge < -0.3 is 71.2 Å². The lowest BCUT2D eigenvalue weighted by molar-refractivity contribution is -0.137. The summed E-state index contributed by atoms with van der Waals surface area (Å²) in [5, 5.41) is 18.2. The zero-order valence-corrected chi connectivity index (χ0v) is 59.5. The van der Waals surface area contributed by atoms with Gasteiger partial charge in [0.15, 0.2) is 5.75 Å². The van der Waals surface area contributed by atoms with Gasteiger partial charge in [-0.1, -0.05) is 46.2 Å². The number of aromatic amines is 2. The highest BCUT2D eigenvalue weighted by molar-refractivity contribution is 7.17. The third-order valence-electron chi connectivity index (χ3n) is 18.2. The van der Waals surface area contributed by atoms with Crippen LogP contribution in [0.1, 0.15) is 123 Å². The highest BCUT2D eigenvalue weighted by Crippen LogP contribution is 2.49. The summed E-state index contributed by atoms with van der Waals surface area (Å²) in [6, 6.07) is 20.2. The van der Waals surface area contributed by atoms with Gasteiger partial charge in [-0.25, -0.2) is 14.4 Å². The van der Waals surface area contributed by atoms with Gasteiger partial charge in [0.1, 0.15) is 42.4 Å². The summed E-state index contributed by atoms with van der Waals surface area (Å²) in [6.45, 7) is 13.9. The first-order chi connectivity index (χ1) is 48.3. The topological polar surface area (TPSA) is 332 Å². The number of benzene rings is 4. The molecule has 0 saturated carbocycles. The minimum Gasteiger partial charge on any atom is -0.492 e. The number of fused-ring (bicyclic) bond motifs is 5. The van der Waals surface area contributed by atoms with E-state index in [2.05, 4.69) is 41.5 Å². The van der Waals surface area contributed by atoms with E-state index < -0.39 is 47.5 Å². The molecule has 4 aromatic carbocycles. The van der Waals surface area contributed by atoms with Crippen LogP contribution in [0.3, 0.4) is 0 Å². The van der Waals surface area contributed by atoms with E-state index in [-0.39, 0.29) is 112 Å². The first-order valence-corrected chi connectivity index (χ1v) is 35.4. The van der Waals surface area contributed by atoms with E-state index in [4.69, 9.17) is 31.5 Å². The number of imide groups is 1. The molecule has 10 rings (SSSR count). The van der Waals surface area contributed by atoms with Crippen molar-refractivity contribution in [3.05, 3.63) is 124 Å². The van der Waals surface area contributed by atoms with Crippen molar-refractivity contribution in [3.63, 3.8) is 0 Å². The molecule has 11 amide bonds. The number of urea groups is 1. The number of primary amides is 1. The van der Waals surface area contributed by atoms with E-state index in [1.807, 2.05) is 50.4 Å². The predicted molar refractivity (Wildman–Crippen MR) is 388 cm³/mol. The molecule has 26 nitrogen and oxygen atoms in total. The lowest BCUT2D eigenvalue weighted by Crippen LogP contribution is -2.54. The van der Waals surface area contributed by atoms with E-state index in [9.17, 15) is 47.9 Å². The van der Waals surface area contributed by atoms with Crippen LogP contribution >= 0.6 is 22.9 Å². The van der Waals surface area contributed by atoms with Gasteiger partial charge in [0.2, 0.25) is 17.7 Å². The molecule has 3 aliphatic heterocycles. The Hall–Kier alpha value is -9.99. The van der Waals surface area contributed by atoms with Crippen LogP contribution in [0.5, 0.6) is 11.5 Å². The quantitative estimate of drug-likeness (QED) is 0.0114. The maximum absolute atomic E-state index is 14.7. The van der Waals surface area contributed by atoms with E-state index >= 15 is 0 Å². The fraction of sp³-hybridized carbons (Fsp3) is 0.425. The van der Waals surface area contributed by atoms with E-state index in [1.54, 1.807) is 87.4 Å². The van der Waals surface area contributed by atoms with Gasteiger partial charge in [-0.05, 0) is 147 Å². The molecular weight excluding hydrogens is 1330 g/mol. The fourth-order valence-corrected chi connectivity index (χ4v) is 14.4. The molecule has 0 radical (unpaired) electrons. The van der Waals surface area contributed by atoms with Gasteiger partial charge in [-0.2, -0.15) is 0 Å². The number of carbonyl (C=O) groups excluding carboxylic acids is 10. The molecule has 3 aromatic heterocycles. The predicted octanol–water partition coefficient (Wildman–Crippen LogP) is 10.1. The Bertz CT molecular complexity index is 4270. The van der Waals surface area contributed by atoms with Crippen LogP contribution in [0.4, 0.5) is 31.4 Å². The number of H-pyrrole nitrogens is 2. The molecule has 28 heteroatoms. The summed E-state index contributed by atoms with van der Waals surface area (Å²) in [4.78, 5) is 146. The van der Waals surface area contributed by atoms with Crippen molar-refractivity contribution in [2.24, 2.45) is 17.1 Å². The lowest BCUT2D eigenvalue weighted by atomic mass is 9.92. The average Bonchev–Trinajstić information content (AvgIpc) is 1.58. The number of nitrogens with two attached hydrogens (primary N) is 1. The van der Waals surface area contributed by atoms with Crippen LogP contribution < -0.4 is 46.7 Å². The van der Waals surface area contributed by atoms with Crippen molar-refractivity contribution < 1.29 is 62.2 Å². The second-order valence-electron chi connectivity index (χ2n) is 27.2. The number of halogens is 1. The van der Waals surface area contributed by atoms with E-state index in [1.165, 1.54) is 46.1 Å². The zero-order valence-electron chi connectivity index (χ0n) is 57.9. The number of likely N-dealkylation sites (tertiary alicyclic amines) is 1. The number of nitrogens with zero attached hydrogens (tertiary/aromatic N) is 5. The second-order valence-corrected chi connectivity index (χ2v) is 28.4. The number of amides is 11. The van der Waals surface area contributed by atoms with Crippen LogP contribution in [0.15, 0.2) is 96.4 Å². The number of hydrogen-bond acceptors (Lipinski definition) is 15. The fourth-order valence-electron chi connectivity index (χ4n) is 13.1. The number of alkyl halides is 1. The van der Waals surface area contributed by atoms with Gasteiger partial charge in [0, 0.05) is 134 Å². The molecule has 1 fully saturated rings. The highest BCUT2D eigenvalue weighted by atomic mass is 35.5. The number of rotatable bonds is 31. The molecule has 3 atom stereocenters. The molecule has 536 valence electrons. The Morgan fingerprint density at radius 2 is 1.45 bits per heavy atom. The van der Waals surface area contributed by atoms with Crippen LogP contribution in [0.2, 0.25) is 0 Å². The summed E-state index contributed by atoms with van der Waals surface area (Å²) in [5.41, 5.74) is 10.7. The van der Waals surface area contributed by atoms with Crippen LogP contribution in [0, 0.1) is 18.3 Å². The zero-order chi connectivity index (χ0) is 72.2. The van der Waals surface area contributed by atoms with Crippen molar-refractivity contribution >= 4 is 131 Å². The minimum atomic E-state index is -1.09. The van der Waals surface area contributed by atoms with Crippen molar-refractivity contribution in [2.75, 3.05) is 94.5 Å². The van der Waals surface area contributed by atoms with Crippen molar-refractivity contribution in [2.45, 2.75) is 111 Å². The van der Waals surface area contributed by atoms with Gasteiger partial charge in [-0.3, -0.25) is 43.4 Å². The normalized spacial score (nSPS) is 15.1. The average molecular weight is 1420 g/mol. The van der Waals surface area contributed by atoms with Gasteiger partial charge in [-0.15, -0.1) is 22.9 Å². The number of aryl methyl sites for hydroxylation is 1. The summed E-state index contributed by atoms with van der Waals surface area (Å²) < 4.78 is 18.7. The Labute approximate surface area is 594 Å². The number of hydrogen-bond donors (Lipinski definition) is 8. The van der Waals surface area contributed by atoms with Crippen LogP contribution in [-0.2, 0) is 35.3 Å². The standard InChI is InChI=1S/C73H88ClN13O13S/c1-43(2)64(82-59(88)15-9-8-10-29-86-60(89)24-25-61(86)90)68(93)81-54(14-13-26-76-70(75)95)66(91)77-49-18-16-45(17-19-49)39-99-71(96)83(6)41-73(4,5)42-84(7)72(97)100-58-36-57-63(62-44(3)40-101-65(58)62)48(37-74)38-87(57)69(94)56-35-46-32-50(20-22-52(46)80-56)78-67(92)55-34-47-33-51(21-23-53(47)79-55)98-31-30-85-27-11-12-28-85/h16-25,32-36,40,43,48,54,64,79-80H,8-15,26-31,37-39,41-42H2,1-7H3,(H,77,91)(H,78,92)(H,81,93)(H,82,88)(H3,75,76,95)/t48-,54?,64+/m1/s1. The smallest absolute Gasteiger partial charge is 0.415 e. The third-order valence-corrected chi connectivity index (χ3v) is 19.6. The molecule has 9 N–H and O–H groups in total. The molecule has 1 saturated heterocycles. The Morgan fingerprint density at radius 3 is 2.15 bits per heavy atom. The Kier molecular flexibility index (Phi) is 24.1. The maximum Gasteiger partial charge on any atom is 0.415 e. The van der Waals surface area contributed by atoms with Crippen LogP contribution in [0.25, 0.3) is 31.9 Å². The highest BCUT2D eigenvalue weighted by Gasteiger charge is 2.38. The molecule has 6 heterocycles. The number of nitrogens with one attached hydrogen (secondary N) is 7. The third kappa shape index (κ3) is 18.7. The molecule has 3 aliphatic rings. The summed E-state index contributed by atoms with van der Waals surface area (Å²) in [5.74, 6) is -2.24. The largest absolute Gasteiger partial charge is 0.492 e. The second kappa shape index (κ2) is 33.0. The molecule has 101 heavy (non-hydrogen) atoms. The Morgan fingerprint density at radius 1 is 0.772 bits per heavy atom. The molecule has 0 bridgehead atoms. The van der Waals surface area contributed by atoms with Crippen molar-refractivity contribution in [3.8, 4) is 11.5 Å². The first-order valence-electron chi connectivity index (χ1n) is 34.0. The monoisotopic (exact) mass is 1420 g/mol. The van der Waals surface area contributed by atoms with Crippen molar-refractivity contribution in [1.29, 1.82) is 0 Å². The summed E-state index contributed by atoms with van der Waals surface area (Å²) >= 11 is 8.11. The SMILES string of the molecule is Cc1csc2c(OC(=O)N(C)CC(C)(C)CN(C)C(=O)OCc3ccc(NC(=O)C(CCCNC(N)=O)NC(=O)[C@@H](NC(=O)CCCCCN4C(=O)C=CC4=O)C(C)C)cc3)cc3c(c12)[C@H](CCl)CN3C(=O)c1cc2cc(NC(=O)c3cc4cc(OCCN5CCCC5)ccc4[nH]3)ccc2[nH]1. The molecule has 7 aromatic rings. The van der Waals surface area contributed by atoms with Gasteiger partial charge in [0.05, 0.1) is 10.4 Å². The summed E-state index contributed by atoms with van der Waals surface area (Å²) in [6.07, 6.45) is 5.62. The Balaban J connectivity index is 0.705. The number of anilines is 3. The van der Waals surface area contributed by atoms with Gasteiger partial charge in [0.25, 0.3) is 23.6 Å². The lowest BCUT2D eigenvalue weighted by Gasteiger charge is -2.33. The first kappa shape index (κ1) is 73.7. The number of carbonyl (C=O) groups is 10. The van der Waals surface area contributed by atoms with E-state index in [0.717, 1.165) is 62.4 Å². The summed E-state index contributed by atoms with van der Waals surface area (Å²) in [7, 11) is 3.20. The molecule has 0 aliphatic carbocycles. The number of aromatic nitrogens is 2. The molecule has 1 unspecified atom stereocenters. The van der Waals surface area contributed by atoms with Gasteiger partial charge >= 0.3 is 18.2 Å².